The summed E-state index contributed by atoms with van der Waals surface area (Å²) >= 11 is 0. The number of nitrogens with two attached hydrogens (primary N) is 1. The minimum Gasteiger partial charge on any atom is -0.312 e. The van der Waals surface area contributed by atoms with Crippen LogP contribution in [0.4, 0.5) is 8.78 Å². The Morgan fingerprint density at radius 1 is 1.35 bits per heavy atom. The van der Waals surface area contributed by atoms with Crippen molar-refractivity contribution in [2.75, 3.05) is 0 Å². The van der Waals surface area contributed by atoms with Gasteiger partial charge in [-0.3, -0.25) is 4.99 Å². The van der Waals surface area contributed by atoms with Crippen molar-refractivity contribution in [2.45, 2.75) is 32.7 Å². The summed E-state index contributed by atoms with van der Waals surface area (Å²) < 4.78 is 26.1. The second-order valence-corrected chi connectivity index (χ2v) is 4.79. The number of aliphatic imine (C=N–C) groups is 1. The van der Waals surface area contributed by atoms with Gasteiger partial charge in [-0.05, 0) is 32.4 Å². The van der Waals surface area contributed by atoms with E-state index < -0.39 is 11.6 Å². The molecule has 0 saturated heterocycles. The molecule has 0 amide bonds. The highest BCUT2D eigenvalue weighted by atomic mass is 19.1. The molecule has 0 bridgehead atoms. The van der Waals surface area contributed by atoms with Gasteiger partial charge >= 0.3 is 0 Å². The molecule has 94 valence electrons. The molecule has 0 radical (unpaired) electrons. The molecule has 3 N–H and O–H groups in total. The van der Waals surface area contributed by atoms with E-state index in [1.807, 2.05) is 20.8 Å². The third-order valence-corrected chi connectivity index (χ3v) is 2.01. The Hall–Kier alpha value is -1.49. The third kappa shape index (κ3) is 4.48. The quantitative estimate of drug-likeness (QED) is 0.361. The van der Waals surface area contributed by atoms with E-state index in [0.29, 0.717) is 11.4 Å². The van der Waals surface area contributed by atoms with Crippen LogP contribution in [-0.4, -0.2) is 11.4 Å². The molecule has 0 spiro atoms. The number of hydrogen-bond acceptors (Lipinski definition) is 2. The highest BCUT2D eigenvalue weighted by Gasteiger charge is 2.12. The topological polar surface area (TPSA) is 50.4 Å². The van der Waals surface area contributed by atoms with E-state index in [2.05, 4.69) is 10.4 Å². The van der Waals surface area contributed by atoms with E-state index in [1.54, 1.807) is 0 Å². The molecule has 5 heteroatoms. The van der Waals surface area contributed by atoms with Crippen LogP contribution in [0.15, 0.2) is 23.2 Å². The van der Waals surface area contributed by atoms with E-state index >= 15 is 0 Å². The minimum absolute atomic E-state index is 0.208. The molecular formula is C12H17F2N3. The largest absolute Gasteiger partial charge is 0.312 e. The van der Waals surface area contributed by atoms with E-state index in [4.69, 9.17) is 5.84 Å². The van der Waals surface area contributed by atoms with E-state index in [9.17, 15) is 8.78 Å². The number of benzene rings is 1. The fourth-order valence-electron chi connectivity index (χ4n) is 1.37. The molecule has 0 aliphatic heterocycles. The lowest BCUT2D eigenvalue weighted by Crippen LogP contribution is -2.34. The fraction of sp³-hybridized carbons (Fsp3) is 0.417. The Morgan fingerprint density at radius 2 is 2.00 bits per heavy atom. The molecule has 0 aromatic heterocycles. The molecule has 0 fully saturated rings. The van der Waals surface area contributed by atoms with Gasteiger partial charge in [0.25, 0.3) is 0 Å². The van der Waals surface area contributed by atoms with Crippen molar-refractivity contribution in [3.63, 3.8) is 0 Å². The van der Waals surface area contributed by atoms with Gasteiger partial charge in [-0.25, -0.2) is 14.6 Å². The molecule has 0 aliphatic carbocycles. The first kappa shape index (κ1) is 13.6. The van der Waals surface area contributed by atoms with Crippen LogP contribution in [0.3, 0.4) is 0 Å². The van der Waals surface area contributed by atoms with Crippen LogP contribution < -0.4 is 11.3 Å². The van der Waals surface area contributed by atoms with Crippen molar-refractivity contribution in [1.29, 1.82) is 0 Å². The monoisotopic (exact) mass is 241 g/mol. The van der Waals surface area contributed by atoms with Crippen LogP contribution >= 0.6 is 0 Å². The lowest BCUT2D eigenvalue weighted by molar-refractivity contribution is 0.568. The van der Waals surface area contributed by atoms with Gasteiger partial charge in [-0.2, -0.15) is 0 Å². The van der Waals surface area contributed by atoms with Gasteiger partial charge in [-0.15, -0.1) is 0 Å². The summed E-state index contributed by atoms with van der Waals surface area (Å²) in [5.74, 6) is 4.60. The van der Waals surface area contributed by atoms with Gasteiger partial charge in [0.05, 0.1) is 5.54 Å². The van der Waals surface area contributed by atoms with Crippen LogP contribution in [0.1, 0.15) is 26.3 Å². The molecule has 3 nitrogen and oxygen atoms in total. The van der Waals surface area contributed by atoms with Crippen molar-refractivity contribution >= 4 is 5.84 Å². The summed E-state index contributed by atoms with van der Waals surface area (Å²) in [6.45, 7) is 5.72. The van der Waals surface area contributed by atoms with Crippen LogP contribution in [0.2, 0.25) is 0 Å². The summed E-state index contributed by atoms with van der Waals surface area (Å²) in [6, 6.07) is 3.45. The highest BCUT2D eigenvalue weighted by molar-refractivity contribution is 5.84. The Balaban J connectivity index is 2.92. The lowest BCUT2D eigenvalue weighted by Gasteiger charge is -2.16. The Labute approximate surface area is 99.7 Å². The zero-order valence-corrected chi connectivity index (χ0v) is 10.2. The predicted octanol–water partition coefficient (Wildman–Crippen LogP) is 2.17. The predicted molar refractivity (Wildman–Crippen MR) is 64.6 cm³/mol. The average Bonchev–Trinajstić information content (AvgIpc) is 2.19. The fourth-order valence-corrected chi connectivity index (χ4v) is 1.37. The summed E-state index contributed by atoms with van der Waals surface area (Å²) in [6.07, 6.45) is 0.208. The van der Waals surface area contributed by atoms with Crippen molar-refractivity contribution in [2.24, 2.45) is 10.8 Å². The van der Waals surface area contributed by atoms with Gasteiger partial charge in [-0.1, -0.05) is 6.07 Å². The summed E-state index contributed by atoms with van der Waals surface area (Å²) in [7, 11) is 0. The minimum atomic E-state index is -0.596. The van der Waals surface area contributed by atoms with Gasteiger partial charge in [0.1, 0.15) is 17.5 Å². The Morgan fingerprint density at radius 3 is 2.47 bits per heavy atom. The zero-order chi connectivity index (χ0) is 13.1. The van der Waals surface area contributed by atoms with Crippen molar-refractivity contribution in [3.8, 4) is 0 Å². The molecular weight excluding hydrogens is 224 g/mol. The summed E-state index contributed by atoms with van der Waals surface area (Å²) in [5, 5.41) is 0. The molecule has 1 aromatic rings. The van der Waals surface area contributed by atoms with Gasteiger partial charge < -0.3 is 5.43 Å². The molecule has 17 heavy (non-hydrogen) atoms. The first-order valence-electron chi connectivity index (χ1n) is 5.31. The highest BCUT2D eigenvalue weighted by Crippen LogP contribution is 2.12. The maximum atomic E-state index is 13.4. The number of amidine groups is 1. The molecule has 1 rings (SSSR count). The maximum absolute atomic E-state index is 13.4. The number of nitrogens with one attached hydrogen (secondary N) is 1. The number of nitrogens with zero attached hydrogens (tertiary/aromatic N) is 1. The Kier molecular flexibility index (Phi) is 4.17. The second kappa shape index (κ2) is 5.23. The van der Waals surface area contributed by atoms with E-state index in [0.717, 1.165) is 6.07 Å². The summed E-state index contributed by atoms with van der Waals surface area (Å²) in [5.41, 5.74) is 2.49. The second-order valence-electron chi connectivity index (χ2n) is 4.79. The van der Waals surface area contributed by atoms with Gasteiger partial charge in [0, 0.05) is 12.5 Å². The lowest BCUT2D eigenvalue weighted by atomic mass is 10.1. The smallest absolute Gasteiger partial charge is 0.129 e. The maximum Gasteiger partial charge on any atom is 0.129 e. The van der Waals surface area contributed by atoms with Crippen molar-refractivity contribution < 1.29 is 8.78 Å². The van der Waals surface area contributed by atoms with Gasteiger partial charge in [0.2, 0.25) is 0 Å². The number of hydrazine groups is 1. The van der Waals surface area contributed by atoms with Crippen molar-refractivity contribution in [3.05, 3.63) is 35.4 Å². The first-order chi connectivity index (χ1) is 7.81. The standard InChI is InChI=1S/C12H17F2N3/c1-12(2,3)16-11(17-15)6-8-4-5-9(13)7-10(8)14/h4-5,7H,6,15H2,1-3H3,(H,16,17). The van der Waals surface area contributed by atoms with Crippen molar-refractivity contribution in [1.82, 2.24) is 5.43 Å². The molecule has 0 atom stereocenters. The van der Waals surface area contributed by atoms with Crippen LogP contribution in [0, 0.1) is 11.6 Å². The molecule has 1 aromatic carbocycles. The molecule has 0 aliphatic rings. The zero-order valence-electron chi connectivity index (χ0n) is 10.2. The third-order valence-electron chi connectivity index (χ3n) is 2.01. The van der Waals surface area contributed by atoms with Crippen LogP contribution in [0.5, 0.6) is 0 Å². The van der Waals surface area contributed by atoms with E-state index in [-0.39, 0.29) is 12.0 Å². The van der Waals surface area contributed by atoms with E-state index in [1.165, 1.54) is 12.1 Å². The number of rotatable bonds is 2. The SMILES string of the molecule is CC(C)(C)N=C(Cc1ccc(F)cc1F)NN. The Bertz CT molecular complexity index is 422. The van der Waals surface area contributed by atoms with Crippen LogP contribution in [-0.2, 0) is 6.42 Å². The number of hydrogen-bond donors (Lipinski definition) is 2. The molecule has 0 saturated carbocycles. The average molecular weight is 241 g/mol. The molecule has 0 unspecified atom stereocenters. The number of halogens is 2. The first-order valence-corrected chi connectivity index (χ1v) is 5.31. The van der Waals surface area contributed by atoms with Gasteiger partial charge in [0.15, 0.2) is 0 Å². The molecule has 0 heterocycles. The normalized spacial score (nSPS) is 12.7. The van der Waals surface area contributed by atoms with Crippen LogP contribution in [0.25, 0.3) is 0 Å². The summed E-state index contributed by atoms with van der Waals surface area (Å²) in [4.78, 5) is 4.31.